The zero-order valence-electron chi connectivity index (χ0n) is 18.3. The van der Waals surface area contributed by atoms with Crippen molar-refractivity contribution in [1.29, 1.82) is 0 Å². The monoisotopic (exact) mass is 494 g/mol. The van der Waals surface area contributed by atoms with Crippen LogP contribution < -0.4 is 10.9 Å². The maximum absolute atomic E-state index is 12.9. The van der Waals surface area contributed by atoms with Gasteiger partial charge in [0.1, 0.15) is 5.82 Å². The number of hydrogen-bond acceptors (Lipinski definition) is 7. The van der Waals surface area contributed by atoms with E-state index in [1.807, 2.05) is 17.5 Å². The fourth-order valence-electron chi connectivity index (χ4n) is 4.14. The van der Waals surface area contributed by atoms with Crippen LogP contribution in [0.3, 0.4) is 0 Å². The molecule has 1 aromatic carbocycles. The molecule has 1 saturated heterocycles. The van der Waals surface area contributed by atoms with E-state index in [0.29, 0.717) is 27.9 Å². The Morgan fingerprint density at radius 3 is 2.85 bits per heavy atom. The van der Waals surface area contributed by atoms with E-state index in [0.717, 1.165) is 53.0 Å². The number of amides is 3. The highest BCUT2D eigenvalue weighted by molar-refractivity contribution is 8.18. The smallest absolute Gasteiger partial charge is 0.293 e. The lowest BCUT2D eigenvalue weighted by molar-refractivity contribution is -0.122. The maximum Gasteiger partial charge on any atom is 0.293 e. The molecule has 0 bridgehead atoms. The summed E-state index contributed by atoms with van der Waals surface area (Å²) in [5.74, 6) is 0.0658. The molecule has 3 amide bonds. The molecule has 0 aliphatic carbocycles. The number of hydrogen-bond donors (Lipinski definition) is 1. The summed E-state index contributed by atoms with van der Waals surface area (Å²) in [5, 5.41) is 4.81. The Balaban J connectivity index is 1.26. The van der Waals surface area contributed by atoms with Crippen molar-refractivity contribution in [2.75, 3.05) is 13.1 Å². The Hall–Kier alpha value is -3.24. The van der Waals surface area contributed by atoms with Crippen molar-refractivity contribution in [1.82, 2.24) is 19.8 Å². The predicted octanol–water partition coefficient (Wildman–Crippen LogP) is 3.65. The van der Waals surface area contributed by atoms with E-state index in [1.165, 1.54) is 11.3 Å². The van der Waals surface area contributed by atoms with Gasteiger partial charge >= 0.3 is 0 Å². The van der Waals surface area contributed by atoms with Gasteiger partial charge in [0.2, 0.25) is 0 Å². The SMILES string of the molecule is O=C(NCCN1C(=O)S/C(=C\c2cccs2)C1=O)c1ccc2c(=O)n3c(nc2c1)CCCCC3. The summed E-state index contributed by atoms with van der Waals surface area (Å²) in [7, 11) is 0. The van der Waals surface area contributed by atoms with E-state index >= 15 is 0 Å². The van der Waals surface area contributed by atoms with Gasteiger partial charge in [-0.25, -0.2) is 4.98 Å². The molecular weight excluding hydrogens is 472 g/mol. The van der Waals surface area contributed by atoms with Crippen molar-refractivity contribution in [2.24, 2.45) is 0 Å². The molecule has 1 fully saturated rings. The van der Waals surface area contributed by atoms with Gasteiger partial charge in [-0.2, -0.15) is 0 Å². The molecule has 8 nitrogen and oxygen atoms in total. The van der Waals surface area contributed by atoms with E-state index < -0.39 is 0 Å². The van der Waals surface area contributed by atoms with Crippen molar-refractivity contribution < 1.29 is 14.4 Å². The van der Waals surface area contributed by atoms with Gasteiger partial charge in [-0.3, -0.25) is 28.6 Å². The third-order valence-corrected chi connectivity index (χ3v) is 7.62. The summed E-state index contributed by atoms with van der Waals surface area (Å²) in [6.45, 7) is 0.885. The molecule has 5 rings (SSSR count). The van der Waals surface area contributed by atoms with Crippen LogP contribution in [0.15, 0.2) is 45.4 Å². The number of imide groups is 1. The summed E-state index contributed by atoms with van der Waals surface area (Å²) in [5.41, 5.74) is 0.823. The first-order valence-electron chi connectivity index (χ1n) is 11.1. The summed E-state index contributed by atoms with van der Waals surface area (Å²) in [6, 6.07) is 8.63. The molecule has 0 radical (unpaired) electrons. The number of thioether (sulfide) groups is 1. The van der Waals surface area contributed by atoms with Gasteiger partial charge in [-0.15, -0.1) is 11.3 Å². The molecular formula is C24H22N4O4S2. The van der Waals surface area contributed by atoms with Crippen LogP contribution >= 0.6 is 23.1 Å². The van der Waals surface area contributed by atoms with E-state index in [9.17, 15) is 19.2 Å². The van der Waals surface area contributed by atoms with Crippen molar-refractivity contribution in [3.63, 3.8) is 0 Å². The summed E-state index contributed by atoms with van der Waals surface area (Å²) >= 11 is 2.39. The molecule has 174 valence electrons. The third kappa shape index (κ3) is 4.43. The molecule has 1 N–H and O–H groups in total. The molecule has 2 aromatic heterocycles. The average molecular weight is 495 g/mol. The molecule has 34 heavy (non-hydrogen) atoms. The van der Waals surface area contributed by atoms with E-state index in [2.05, 4.69) is 10.3 Å². The first kappa shape index (κ1) is 22.5. The number of rotatable bonds is 5. The maximum atomic E-state index is 12.9. The van der Waals surface area contributed by atoms with Crippen molar-refractivity contribution >= 4 is 57.1 Å². The zero-order chi connectivity index (χ0) is 23.7. The van der Waals surface area contributed by atoms with E-state index in [-0.39, 0.29) is 35.7 Å². The van der Waals surface area contributed by atoms with Gasteiger partial charge in [-0.1, -0.05) is 12.5 Å². The zero-order valence-corrected chi connectivity index (χ0v) is 19.9. The number of nitrogens with one attached hydrogen (secondary N) is 1. The number of fused-ring (bicyclic) bond motifs is 2. The van der Waals surface area contributed by atoms with Crippen LogP contribution in [0.25, 0.3) is 17.0 Å². The lowest BCUT2D eigenvalue weighted by atomic mass is 10.1. The summed E-state index contributed by atoms with van der Waals surface area (Å²) in [4.78, 5) is 57.5. The van der Waals surface area contributed by atoms with Gasteiger partial charge < -0.3 is 5.32 Å². The molecule has 4 heterocycles. The second-order valence-corrected chi connectivity index (χ2v) is 10.1. The van der Waals surface area contributed by atoms with Crippen LogP contribution in [0.1, 0.15) is 40.3 Å². The summed E-state index contributed by atoms with van der Waals surface area (Å²) < 4.78 is 1.75. The van der Waals surface area contributed by atoms with Gasteiger partial charge in [0.05, 0.1) is 15.8 Å². The Bertz CT molecular complexity index is 1380. The Morgan fingerprint density at radius 2 is 2.03 bits per heavy atom. The first-order valence-corrected chi connectivity index (χ1v) is 12.8. The average Bonchev–Trinajstić information content (AvgIpc) is 3.34. The molecule has 0 spiro atoms. The standard InChI is InChI=1S/C24H22N4O4S2/c29-21(25-9-11-28-23(31)19(34-24(28)32)14-16-5-4-12-33-16)15-7-8-17-18(13-15)26-20-6-2-1-3-10-27(20)22(17)30/h4-5,7-8,12-14H,1-3,6,9-11H2,(H,25,29)/b19-14-. The van der Waals surface area contributed by atoms with E-state index in [4.69, 9.17) is 0 Å². The van der Waals surface area contributed by atoms with Crippen LogP contribution in [0.2, 0.25) is 0 Å². The highest BCUT2D eigenvalue weighted by Gasteiger charge is 2.34. The lowest BCUT2D eigenvalue weighted by Crippen LogP contribution is -2.37. The fraction of sp³-hybridized carbons (Fsp3) is 0.292. The van der Waals surface area contributed by atoms with Gasteiger partial charge in [-0.05, 0) is 60.3 Å². The molecule has 2 aliphatic rings. The van der Waals surface area contributed by atoms with Crippen LogP contribution in [0.4, 0.5) is 4.79 Å². The van der Waals surface area contributed by atoms with Crippen LogP contribution in [0.5, 0.6) is 0 Å². The highest BCUT2D eigenvalue weighted by atomic mass is 32.2. The number of aromatic nitrogens is 2. The normalized spacial score (nSPS) is 17.3. The minimum Gasteiger partial charge on any atom is -0.350 e. The van der Waals surface area contributed by atoms with Crippen LogP contribution in [0, 0.1) is 0 Å². The minimum atomic E-state index is -0.353. The molecule has 0 unspecified atom stereocenters. The molecule has 10 heteroatoms. The Kier molecular flexibility index (Phi) is 6.34. The molecule has 2 aliphatic heterocycles. The second kappa shape index (κ2) is 9.55. The van der Waals surface area contributed by atoms with Gasteiger partial charge in [0.15, 0.2) is 0 Å². The van der Waals surface area contributed by atoms with Crippen molar-refractivity contribution in [2.45, 2.75) is 32.2 Å². The molecule has 0 atom stereocenters. The second-order valence-electron chi connectivity index (χ2n) is 8.13. The number of thiophene rings is 1. The van der Waals surface area contributed by atoms with Gasteiger partial charge in [0.25, 0.3) is 22.6 Å². The number of carbonyl (C=O) groups is 3. The molecule has 0 saturated carbocycles. The minimum absolute atomic E-state index is 0.0659. The first-order chi connectivity index (χ1) is 16.5. The quantitative estimate of drug-likeness (QED) is 0.544. The topological polar surface area (TPSA) is 101 Å². The molecule has 3 aromatic rings. The highest BCUT2D eigenvalue weighted by Crippen LogP contribution is 2.32. The lowest BCUT2D eigenvalue weighted by Gasteiger charge is -2.13. The predicted molar refractivity (Wildman–Crippen MR) is 133 cm³/mol. The van der Waals surface area contributed by atoms with Crippen molar-refractivity contribution in [3.05, 3.63) is 67.2 Å². The number of nitrogens with zero attached hydrogens (tertiary/aromatic N) is 3. The van der Waals surface area contributed by atoms with Crippen LogP contribution in [-0.4, -0.2) is 44.6 Å². The fourth-order valence-corrected chi connectivity index (χ4v) is 5.73. The largest absolute Gasteiger partial charge is 0.350 e. The number of benzene rings is 1. The Morgan fingerprint density at radius 1 is 1.15 bits per heavy atom. The Labute approximate surface area is 203 Å². The summed E-state index contributed by atoms with van der Waals surface area (Å²) in [6.07, 6.45) is 5.49. The van der Waals surface area contributed by atoms with Crippen LogP contribution in [-0.2, 0) is 17.8 Å². The number of aryl methyl sites for hydroxylation is 1. The van der Waals surface area contributed by atoms with Gasteiger partial charge in [0, 0.05) is 36.5 Å². The number of carbonyl (C=O) groups excluding carboxylic acids is 3. The van der Waals surface area contributed by atoms with Crippen molar-refractivity contribution in [3.8, 4) is 0 Å². The third-order valence-electron chi connectivity index (χ3n) is 5.89. The van der Waals surface area contributed by atoms with E-state index in [1.54, 1.807) is 28.8 Å².